The molecule has 4 rings (SSSR count). The average Bonchev–Trinajstić information content (AvgIpc) is 3.16. The zero-order chi connectivity index (χ0) is 17.8. The first-order chi connectivity index (χ1) is 12.8. The minimum absolute atomic E-state index is 0.296. The van der Waals surface area contributed by atoms with E-state index in [0.717, 1.165) is 41.7 Å². The van der Waals surface area contributed by atoms with E-state index in [1.165, 1.54) is 0 Å². The summed E-state index contributed by atoms with van der Waals surface area (Å²) in [6.45, 7) is 1.99. The van der Waals surface area contributed by atoms with Crippen molar-refractivity contribution in [3.8, 4) is 11.4 Å². The lowest BCUT2D eigenvalue weighted by Crippen LogP contribution is -2.41. The number of benzene rings is 1. The third kappa shape index (κ3) is 3.38. The van der Waals surface area contributed by atoms with Gasteiger partial charge in [0.05, 0.1) is 12.1 Å². The van der Waals surface area contributed by atoms with Crippen LogP contribution in [0.3, 0.4) is 0 Å². The summed E-state index contributed by atoms with van der Waals surface area (Å²) >= 11 is 0. The smallest absolute Gasteiger partial charge is 0.163 e. The molecule has 0 radical (unpaired) electrons. The molecule has 1 atom stereocenters. The summed E-state index contributed by atoms with van der Waals surface area (Å²) in [4.78, 5) is 13.6. The molecular formula is C20H22N4O2. The second-order valence-electron chi connectivity index (χ2n) is 6.58. The Balaban J connectivity index is 1.69. The van der Waals surface area contributed by atoms with E-state index in [-0.39, 0.29) is 5.60 Å². The van der Waals surface area contributed by atoms with Gasteiger partial charge < -0.3 is 14.8 Å². The zero-order valence-electron chi connectivity index (χ0n) is 14.8. The maximum absolute atomic E-state index is 5.99. The fourth-order valence-electron chi connectivity index (χ4n) is 3.40. The van der Waals surface area contributed by atoms with Gasteiger partial charge in [0.2, 0.25) is 0 Å². The molecule has 1 N–H and O–H groups in total. The molecule has 1 unspecified atom stereocenters. The molecule has 6 nitrogen and oxygen atoms in total. The summed E-state index contributed by atoms with van der Waals surface area (Å²) in [5, 5.41) is 4.48. The lowest BCUT2D eigenvalue weighted by Gasteiger charge is -2.28. The SMILES string of the molecule is COCC1(CNc2nc(-c3cccnc3)nc3ccccc23)CCCO1. The Morgan fingerprint density at radius 3 is 2.88 bits per heavy atom. The van der Waals surface area contributed by atoms with Gasteiger partial charge in [0.25, 0.3) is 0 Å². The summed E-state index contributed by atoms with van der Waals surface area (Å²) in [6, 6.07) is 11.9. The molecule has 134 valence electrons. The number of nitrogens with one attached hydrogen (secondary N) is 1. The van der Waals surface area contributed by atoms with Gasteiger partial charge in [-0.1, -0.05) is 12.1 Å². The molecule has 1 aliphatic rings. The van der Waals surface area contributed by atoms with Gasteiger partial charge in [-0.3, -0.25) is 4.98 Å². The van der Waals surface area contributed by atoms with Gasteiger partial charge >= 0.3 is 0 Å². The van der Waals surface area contributed by atoms with Crippen LogP contribution in [0.2, 0.25) is 0 Å². The Bertz CT molecular complexity index is 879. The van der Waals surface area contributed by atoms with Crippen LogP contribution < -0.4 is 5.32 Å². The molecule has 0 aliphatic carbocycles. The van der Waals surface area contributed by atoms with Gasteiger partial charge in [0.1, 0.15) is 11.4 Å². The molecule has 0 bridgehead atoms. The lowest BCUT2D eigenvalue weighted by molar-refractivity contribution is -0.0417. The summed E-state index contributed by atoms with van der Waals surface area (Å²) < 4.78 is 11.4. The first-order valence-corrected chi connectivity index (χ1v) is 8.84. The van der Waals surface area contributed by atoms with Crippen LogP contribution in [0.15, 0.2) is 48.8 Å². The first kappa shape index (κ1) is 16.9. The Morgan fingerprint density at radius 1 is 1.19 bits per heavy atom. The van der Waals surface area contributed by atoms with Crippen LogP contribution in [0.1, 0.15) is 12.8 Å². The minimum atomic E-state index is -0.296. The summed E-state index contributed by atoms with van der Waals surface area (Å²) in [7, 11) is 1.71. The maximum atomic E-state index is 5.99. The van der Waals surface area contributed by atoms with Crippen LogP contribution in [0, 0.1) is 0 Å². The molecule has 0 amide bonds. The van der Waals surface area contributed by atoms with Crippen molar-refractivity contribution in [3.63, 3.8) is 0 Å². The summed E-state index contributed by atoms with van der Waals surface area (Å²) in [6.07, 6.45) is 5.55. The van der Waals surface area contributed by atoms with E-state index in [4.69, 9.17) is 19.4 Å². The van der Waals surface area contributed by atoms with E-state index in [1.54, 1.807) is 19.5 Å². The second-order valence-corrected chi connectivity index (χ2v) is 6.58. The number of ether oxygens (including phenoxy) is 2. The van der Waals surface area contributed by atoms with Crippen LogP contribution in [-0.2, 0) is 9.47 Å². The summed E-state index contributed by atoms with van der Waals surface area (Å²) in [5.41, 5.74) is 1.50. The van der Waals surface area contributed by atoms with Crippen LogP contribution in [0.25, 0.3) is 22.3 Å². The van der Waals surface area contributed by atoms with Crippen LogP contribution in [0.5, 0.6) is 0 Å². The fourth-order valence-corrected chi connectivity index (χ4v) is 3.40. The van der Waals surface area contributed by atoms with Crippen LogP contribution in [-0.4, -0.2) is 47.4 Å². The van der Waals surface area contributed by atoms with Crippen molar-refractivity contribution in [1.82, 2.24) is 15.0 Å². The molecular weight excluding hydrogens is 328 g/mol. The van der Waals surface area contributed by atoms with Gasteiger partial charge in [0.15, 0.2) is 5.82 Å². The van der Waals surface area contributed by atoms with E-state index in [2.05, 4.69) is 10.3 Å². The largest absolute Gasteiger partial charge is 0.382 e. The highest BCUT2D eigenvalue weighted by molar-refractivity contribution is 5.90. The predicted octanol–water partition coefficient (Wildman–Crippen LogP) is 3.30. The average molecular weight is 350 g/mol. The van der Waals surface area contributed by atoms with E-state index >= 15 is 0 Å². The van der Waals surface area contributed by atoms with Crippen molar-refractivity contribution < 1.29 is 9.47 Å². The predicted molar refractivity (Wildman–Crippen MR) is 101 cm³/mol. The normalized spacial score (nSPS) is 19.7. The maximum Gasteiger partial charge on any atom is 0.163 e. The number of anilines is 1. The Morgan fingerprint density at radius 2 is 2.12 bits per heavy atom. The number of rotatable bonds is 6. The topological polar surface area (TPSA) is 69.2 Å². The standard InChI is InChI=1S/C20H22N4O2/c1-25-14-20(9-5-11-26-20)13-22-19-16-7-2-3-8-17(16)23-18(24-19)15-6-4-10-21-12-15/h2-4,6-8,10,12H,5,9,11,13-14H2,1H3,(H,22,23,24). The van der Waals surface area contributed by atoms with Gasteiger partial charge in [0, 0.05) is 43.6 Å². The van der Waals surface area contributed by atoms with Gasteiger partial charge in [-0.05, 0) is 37.1 Å². The highest BCUT2D eigenvalue weighted by atomic mass is 16.5. The van der Waals surface area contributed by atoms with Crippen molar-refractivity contribution >= 4 is 16.7 Å². The molecule has 3 aromatic rings. The Labute approximate surface area is 152 Å². The van der Waals surface area contributed by atoms with Gasteiger partial charge in [-0.15, -0.1) is 0 Å². The second kappa shape index (κ2) is 7.35. The van der Waals surface area contributed by atoms with Crippen molar-refractivity contribution in [2.24, 2.45) is 0 Å². The quantitative estimate of drug-likeness (QED) is 0.736. The molecule has 2 aromatic heterocycles. The number of hydrogen-bond donors (Lipinski definition) is 1. The molecule has 26 heavy (non-hydrogen) atoms. The number of aromatic nitrogens is 3. The van der Waals surface area contributed by atoms with Gasteiger partial charge in [-0.25, -0.2) is 9.97 Å². The van der Waals surface area contributed by atoms with Crippen molar-refractivity contribution in [2.75, 3.05) is 32.2 Å². The molecule has 1 fully saturated rings. The third-order valence-corrected chi connectivity index (χ3v) is 4.69. The molecule has 0 spiro atoms. The molecule has 6 heteroatoms. The zero-order valence-corrected chi connectivity index (χ0v) is 14.8. The number of para-hydroxylation sites is 1. The summed E-state index contributed by atoms with van der Waals surface area (Å²) in [5.74, 6) is 1.47. The third-order valence-electron chi connectivity index (χ3n) is 4.69. The van der Waals surface area contributed by atoms with Crippen LogP contribution in [0.4, 0.5) is 5.82 Å². The number of nitrogens with zero attached hydrogens (tertiary/aromatic N) is 3. The molecule has 1 aromatic carbocycles. The molecule has 1 aliphatic heterocycles. The van der Waals surface area contributed by atoms with E-state index < -0.39 is 0 Å². The van der Waals surface area contributed by atoms with Crippen molar-refractivity contribution in [3.05, 3.63) is 48.8 Å². The number of pyridine rings is 1. The highest BCUT2D eigenvalue weighted by Crippen LogP contribution is 2.29. The number of hydrogen-bond acceptors (Lipinski definition) is 6. The number of methoxy groups -OCH3 is 1. The minimum Gasteiger partial charge on any atom is -0.382 e. The Hall–Kier alpha value is -2.57. The molecule has 3 heterocycles. The highest BCUT2D eigenvalue weighted by Gasteiger charge is 2.35. The fraction of sp³-hybridized carbons (Fsp3) is 0.350. The first-order valence-electron chi connectivity index (χ1n) is 8.84. The Kier molecular flexibility index (Phi) is 4.77. The monoisotopic (exact) mass is 350 g/mol. The van der Waals surface area contributed by atoms with Crippen molar-refractivity contribution in [2.45, 2.75) is 18.4 Å². The van der Waals surface area contributed by atoms with Crippen LogP contribution >= 0.6 is 0 Å². The number of fused-ring (bicyclic) bond motifs is 1. The lowest BCUT2D eigenvalue weighted by atomic mass is 10.0. The molecule has 1 saturated heterocycles. The van der Waals surface area contributed by atoms with Crippen molar-refractivity contribution in [1.29, 1.82) is 0 Å². The van der Waals surface area contributed by atoms with E-state index in [0.29, 0.717) is 19.0 Å². The van der Waals surface area contributed by atoms with E-state index in [1.807, 2.05) is 36.4 Å². The molecule has 0 saturated carbocycles. The van der Waals surface area contributed by atoms with Gasteiger partial charge in [-0.2, -0.15) is 0 Å². The van der Waals surface area contributed by atoms with E-state index in [9.17, 15) is 0 Å².